The van der Waals surface area contributed by atoms with Crippen molar-refractivity contribution in [3.8, 4) is 0 Å². The number of amides is 2. The molecule has 0 unspecified atom stereocenters. The van der Waals surface area contributed by atoms with Crippen LogP contribution in [0.25, 0.3) is 0 Å². The number of β-lactam (4-membered cyclic amide) rings is 1. The Morgan fingerprint density at radius 3 is 2.50 bits per heavy atom. The third-order valence-electron chi connectivity index (χ3n) is 8.29. The molecule has 0 spiro atoms. The lowest BCUT2D eigenvalue weighted by Crippen LogP contribution is -2.63. The fraction of sp³-hybridized carbons (Fsp3) is 0.704. The van der Waals surface area contributed by atoms with Gasteiger partial charge in [-0.3, -0.25) is 14.4 Å². The maximum atomic E-state index is 13.3. The van der Waals surface area contributed by atoms with Gasteiger partial charge in [0, 0.05) is 35.7 Å². The quantitative estimate of drug-likeness (QED) is 0.250. The van der Waals surface area contributed by atoms with Crippen LogP contribution in [0.2, 0.25) is 0 Å². The van der Waals surface area contributed by atoms with Crippen molar-refractivity contribution < 1.29 is 46.9 Å². The highest BCUT2D eigenvalue weighted by atomic mass is 32.2. The van der Waals surface area contributed by atoms with Crippen molar-refractivity contribution in [3.05, 3.63) is 22.3 Å². The molecular weight excluding hydrogens is 609 g/mol. The second-order valence-electron chi connectivity index (χ2n) is 12.5. The lowest BCUT2D eigenvalue weighted by atomic mass is 9.79. The third-order valence-corrected chi connectivity index (χ3v) is 9.81. The molecule has 0 aromatic carbocycles. The van der Waals surface area contributed by atoms with Gasteiger partial charge in [0.25, 0.3) is 0 Å². The lowest BCUT2D eigenvalue weighted by molar-refractivity contribution is -0.175. The first kappa shape index (κ1) is 32.2. The Balaban J connectivity index is 1.27. The number of carbonyl (C=O) groups excluding carboxylic acids is 4. The lowest BCUT2D eigenvalue weighted by Gasteiger charge is -2.46. The van der Waals surface area contributed by atoms with E-state index < -0.39 is 66.2 Å². The average molecular weight is 645 g/mol. The van der Waals surface area contributed by atoms with Gasteiger partial charge in [-0.1, -0.05) is 6.92 Å². The highest BCUT2D eigenvalue weighted by Crippen LogP contribution is 2.52. The molecule has 2 amide bonds. The van der Waals surface area contributed by atoms with Crippen molar-refractivity contribution >= 4 is 35.5 Å². The molecule has 2 saturated heterocycles. The molecule has 13 nitrogen and oxygen atoms in total. The van der Waals surface area contributed by atoms with E-state index >= 15 is 0 Å². The summed E-state index contributed by atoms with van der Waals surface area (Å²) in [6.07, 6.45) is -5.21. The van der Waals surface area contributed by atoms with Gasteiger partial charge >= 0.3 is 18.1 Å². The molecule has 0 bridgehead atoms. The largest absolute Gasteiger partial charge is 0.451 e. The molecule has 1 aromatic heterocycles. The fourth-order valence-corrected chi connectivity index (χ4v) is 7.50. The van der Waals surface area contributed by atoms with Gasteiger partial charge in [0.1, 0.15) is 5.70 Å². The molecule has 0 saturated carbocycles. The van der Waals surface area contributed by atoms with Crippen LogP contribution in [-0.4, -0.2) is 96.7 Å². The Morgan fingerprint density at radius 2 is 1.86 bits per heavy atom. The average Bonchev–Trinajstić information content (AvgIpc) is 3.63. The first-order chi connectivity index (χ1) is 20.5. The van der Waals surface area contributed by atoms with E-state index in [9.17, 15) is 37.5 Å². The Bertz CT molecular complexity index is 1390. The number of esters is 2. The number of alkyl halides is 3. The monoisotopic (exact) mass is 644 g/mol. The number of fused-ring (bicyclic) bond motifs is 2. The Kier molecular flexibility index (Phi) is 8.52. The normalized spacial score (nSPS) is 27.6. The molecule has 2 fully saturated rings. The molecule has 0 aliphatic carbocycles. The van der Waals surface area contributed by atoms with Gasteiger partial charge in [0.2, 0.25) is 24.4 Å². The van der Waals surface area contributed by atoms with Crippen LogP contribution in [0.4, 0.5) is 13.2 Å². The van der Waals surface area contributed by atoms with Crippen LogP contribution in [-0.2, 0) is 47.9 Å². The number of rotatable bonds is 7. The molecule has 44 heavy (non-hydrogen) atoms. The first-order valence-corrected chi connectivity index (χ1v) is 15.2. The summed E-state index contributed by atoms with van der Waals surface area (Å²) in [5, 5.41) is 20.1. The second kappa shape index (κ2) is 11.6. The van der Waals surface area contributed by atoms with Crippen molar-refractivity contribution in [1.29, 1.82) is 0 Å². The minimum atomic E-state index is -4.64. The van der Waals surface area contributed by atoms with E-state index in [1.54, 1.807) is 20.8 Å². The van der Waals surface area contributed by atoms with E-state index in [4.69, 9.17) is 9.47 Å². The third kappa shape index (κ3) is 5.80. The molecule has 5 heterocycles. The van der Waals surface area contributed by atoms with Crippen molar-refractivity contribution in [1.82, 2.24) is 29.9 Å². The number of nitrogens with one attached hydrogen (secondary N) is 1. The van der Waals surface area contributed by atoms with Crippen molar-refractivity contribution in [2.24, 2.45) is 17.3 Å². The zero-order valence-electron chi connectivity index (χ0n) is 24.9. The molecule has 242 valence electrons. The molecule has 2 N–H and O–H groups in total. The van der Waals surface area contributed by atoms with Gasteiger partial charge < -0.3 is 34.3 Å². The zero-order valence-corrected chi connectivity index (χ0v) is 25.7. The maximum absolute atomic E-state index is 13.3. The summed E-state index contributed by atoms with van der Waals surface area (Å²) < 4.78 is 50.9. The van der Waals surface area contributed by atoms with Crippen LogP contribution in [0.15, 0.2) is 10.6 Å². The number of thioether (sulfide) groups is 1. The van der Waals surface area contributed by atoms with E-state index in [0.29, 0.717) is 17.9 Å². The number of aliphatic hydroxyl groups is 1. The van der Waals surface area contributed by atoms with Gasteiger partial charge in [-0.25, -0.2) is 4.79 Å². The summed E-state index contributed by atoms with van der Waals surface area (Å²) in [7, 11) is 0. The predicted molar refractivity (Wildman–Crippen MR) is 147 cm³/mol. The van der Waals surface area contributed by atoms with Crippen molar-refractivity contribution in [2.45, 2.75) is 83.7 Å². The van der Waals surface area contributed by atoms with Gasteiger partial charge in [-0.2, -0.15) is 13.2 Å². The standard InChI is InChI=1S/C27H35F3N6O7S/c1-12-18-17(13(2)37)22(39)36(18)19(23(40)42-11-43-25(41)26(3,4)5)20(12)44-14-8-15(31-9-14)21(38)34-6-7-35-16(10-34)32-33-24(35)27(28,29)30/h12-15,17-18,31,37H,6-11H2,1-5H3/t12-,13-,14+,15+,17-,18-/m1/s1. The number of aliphatic hydroxyl groups excluding tert-OH is 1. The summed E-state index contributed by atoms with van der Waals surface area (Å²) in [4.78, 5) is 55.0. The Morgan fingerprint density at radius 1 is 1.16 bits per heavy atom. The number of halogens is 3. The van der Waals surface area contributed by atoms with E-state index in [0.717, 1.165) is 4.57 Å². The van der Waals surface area contributed by atoms with Crippen molar-refractivity contribution in [2.75, 3.05) is 19.9 Å². The topological polar surface area (TPSA) is 156 Å². The summed E-state index contributed by atoms with van der Waals surface area (Å²) in [5.74, 6) is -4.13. The molecule has 17 heteroatoms. The summed E-state index contributed by atoms with van der Waals surface area (Å²) in [6, 6.07) is -1.07. The van der Waals surface area contributed by atoms with Gasteiger partial charge in [-0.15, -0.1) is 22.0 Å². The molecule has 4 aliphatic rings. The van der Waals surface area contributed by atoms with Crippen LogP contribution in [0.3, 0.4) is 0 Å². The molecule has 4 aliphatic heterocycles. The fourth-order valence-electron chi connectivity index (χ4n) is 6.03. The SMILES string of the molecule is C[C@@H](O)[C@H]1C(=O)N2C(C(=O)OCOC(=O)C(C)(C)C)=C(S[C@@H]3CN[C@H](C(=O)N4CCn5c(nnc5C(F)(F)F)C4)C3)[C@H](C)[C@H]12. The van der Waals surface area contributed by atoms with Crippen LogP contribution < -0.4 is 5.32 Å². The van der Waals surface area contributed by atoms with Crippen LogP contribution in [0.5, 0.6) is 0 Å². The van der Waals surface area contributed by atoms with Crippen LogP contribution >= 0.6 is 11.8 Å². The number of hydrogen-bond acceptors (Lipinski definition) is 11. The van der Waals surface area contributed by atoms with E-state index in [1.165, 1.54) is 28.5 Å². The predicted octanol–water partition coefficient (Wildman–Crippen LogP) is 1.26. The Hall–Kier alpha value is -3.18. The van der Waals surface area contributed by atoms with Gasteiger partial charge in [-0.05, 0) is 34.1 Å². The summed E-state index contributed by atoms with van der Waals surface area (Å²) in [6.45, 7) is 7.98. The summed E-state index contributed by atoms with van der Waals surface area (Å²) >= 11 is 1.34. The summed E-state index contributed by atoms with van der Waals surface area (Å²) in [5.41, 5.74) is -0.773. The maximum Gasteiger partial charge on any atom is 0.451 e. The minimum absolute atomic E-state index is 0.0341. The number of hydrogen-bond donors (Lipinski definition) is 2. The number of ether oxygens (including phenoxy) is 2. The molecule has 0 radical (unpaired) electrons. The molecule has 5 rings (SSSR count). The number of carbonyl (C=O) groups is 4. The van der Waals surface area contributed by atoms with E-state index in [2.05, 4.69) is 15.5 Å². The minimum Gasteiger partial charge on any atom is -0.427 e. The second-order valence-corrected chi connectivity index (χ2v) is 13.8. The van der Waals surface area contributed by atoms with E-state index in [-0.39, 0.29) is 48.2 Å². The van der Waals surface area contributed by atoms with Gasteiger partial charge in [0.15, 0.2) is 5.82 Å². The highest BCUT2D eigenvalue weighted by Gasteiger charge is 2.60. The van der Waals surface area contributed by atoms with Crippen molar-refractivity contribution in [3.63, 3.8) is 0 Å². The molecular formula is C27H35F3N6O7S. The molecule has 1 aromatic rings. The zero-order chi connectivity index (χ0) is 32.3. The highest BCUT2D eigenvalue weighted by molar-refractivity contribution is 8.03. The number of nitrogens with zero attached hydrogens (tertiary/aromatic N) is 5. The van der Waals surface area contributed by atoms with E-state index in [1.807, 2.05) is 6.92 Å². The van der Waals surface area contributed by atoms with Crippen LogP contribution in [0, 0.1) is 17.3 Å². The smallest absolute Gasteiger partial charge is 0.427 e. The number of aromatic nitrogens is 3. The molecule has 6 atom stereocenters. The first-order valence-electron chi connectivity index (χ1n) is 14.3. The van der Waals surface area contributed by atoms with Gasteiger partial charge in [0.05, 0.1) is 36.1 Å². The van der Waals surface area contributed by atoms with Crippen LogP contribution in [0.1, 0.15) is 52.7 Å². The Labute approximate surface area is 255 Å².